The number of ketones is 1. The van der Waals surface area contributed by atoms with Crippen molar-refractivity contribution in [3.05, 3.63) is 0 Å². The van der Waals surface area contributed by atoms with Gasteiger partial charge in [0.25, 0.3) is 0 Å². The van der Waals surface area contributed by atoms with Crippen LogP contribution in [-0.4, -0.2) is 36.3 Å². The lowest BCUT2D eigenvalue weighted by Gasteiger charge is -2.20. The molecule has 0 radical (unpaired) electrons. The monoisotopic (exact) mass is 253 g/mol. The van der Waals surface area contributed by atoms with E-state index in [1.807, 2.05) is 13.8 Å². The smallest absolute Gasteiger partial charge is 0.343 e. The minimum Gasteiger partial charge on any atom is -0.412 e. The molecule has 0 aliphatic heterocycles. The van der Waals surface area contributed by atoms with E-state index in [1.165, 1.54) is 0 Å². The summed E-state index contributed by atoms with van der Waals surface area (Å²) in [7, 11) is -0.319. The van der Waals surface area contributed by atoms with Crippen LogP contribution in [-0.2, 0) is 9.36 Å². The molecule has 0 rings (SSSR count). The van der Waals surface area contributed by atoms with E-state index in [-0.39, 0.29) is 22.8 Å². The van der Waals surface area contributed by atoms with E-state index in [0.29, 0.717) is 0 Å². The van der Waals surface area contributed by atoms with Gasteiger partial charge in [0.1, 0.15) is 6.66 Å². The molecule has 5 heteroatoms. The first-order chi connectivity index (χ1) is 6.90. The van der Waals surface area contributed by atoms with E-state index in [4.69, 9.17) is 5.11 Å². The van der Waals surface area contributed by atoms with Crippen molar-refractivity contribution in [2.75, 3.05) is 19.9 Å². The van der Waals surface area contributed by atoms with E-state index in [2.05, 4.69) is 6.92 Å². The average Bonchev–Trinajstić information content (AvgIpc) is 2.17. The van der Waals surface area contributed by atoms with Gasteiger partial charge >= 0.3 is 7.80 Å². The maximum atomic E-state index is 11.6. The molecule has 16 heavy (non-hydrogen) atoms. The number of aliphatic hydroxyl groups is 1. The number of rotatable bonds is 6. The molecular weight excluding hydrogens is 227 g/mol. The quantitative estimate of drug-likeness (QED) is 0.734. The molecule has 0 aromatic carbocycles. The largest absolute Gasteiger partial charge is 0.412 e. The fraction of sp³-hybridized carbons (Fsp3) is 0.909. The molecule has 0 saturated carbocycles. The van der Waals surface area contributed by atoms with Crippen LogP contribution in [0.25, 0.3) is 0 Å². The molecule has 1 unspecified atom stereocenters. The molecule has 98 valence electrons. The van der Waals surface area contributed by atoms with Crippen LogP contribution in [0.15, 0.2) is 0 Å². The van der Waals surface area contributed by atoms with Gasteiger partial charge in [0, 0.05) is 12.5 Å². The van der Waals surface area contributed by atoms with Crippen LogP contribution in [0, 0.1) is 5.41 Å². The van der Waals surface area contributed by atoms with Crippen molar-refractivity contribution in [3.8, 4) is 0 Å². The van der Waals surface area contributed by atoms with Crippen LogP contribution in [0.3, 0.4) is 0 Å². The molecular formula is C11H26O4P+. The highest BCUT2D eigenvalue weighted by atomic mass is 31.1. The third-order valence-electron chi connectivity index (χ3n) is 2.28. The van der Waals surface area contributed by atoms with Gasteiger partial charge in [-0.25, -0.2) is 0 Å². The highest BCUT2D eigenvalue weighted by Gasteiger charge is 2.30. The molecule has 0 aromatic heterocycles. The van der Waals surface area contributed by atoms with Crippen molar-refractivity contribution < 1.29 is 19.9 Å². The SMILES string of the molecule is CCCCC(C)(C)C(=O)C[P+](C)=O.CO.O. The second kappa shape index (κ2) is 11.2. The van der Waals surface area contributed by atoms with E-state index < -0.39 is 7.80 Å². The number of Topliss-reactive ketones (excluding diaryl/α,β-unsaturated/α-hetero) is 1. The Kier molecular flexibility index (Phi) is 14.7. The van der Waals surface area contributed by atoms with Crippen LogP contribution in [0.1, 0.15) is 40.0 Å². The number of aliphatic hydroxyl groups excluding tert-OH is 1. The van der Waals surface area contributed by atoms with Gasteiger partial charge in [-0.15, -0.1) is 0 Å². The molecule has 0 aromatic rings. The summed E-state index contributed by atoms with van der Waals surface area (Å²) in [4.78, 5) is 11.6. The van der Waals surface area contributed by atoms with E-state index in [1.54, 1.807) is 6.66 Å². The first kappa shape index (κ1) is 21.0. The first-order valence-corrected chi connectivity index (χ1v) is 7.15. The Morgan fingerprint density at radius 2 is 1.75 bits per heavy atom. The zero-order valence-corrected chi connectivity index (χ0v) is 11.9. The maximum Gasteiger partial charge on any atom is 0.343 e. The van der Waals surface area contributed by atoms with Gasteiger partial charge in [0.2, 0.25) is 6.16 Å². The molecule has 4 nitrogen and oxygen atoms in total. The Balaban J connectivity index is -0.000000529. The number of hydrogen-bond acceptors (Lipinski definition) is 3. The van der Waals surface area contributed by atoms with Crippen molar-refractivity contribution in [1.82, 2.24) is 0 Å². The molecule has 0 spiro atoms. The van der Waals surface area contributed by atoms with Crippen LogP contribution < -0.4 is 0 Å². The number of carbonyl (C=O) groups is 1. The highest BCUT2D eigenvalue weighted by molar-refractivity contribution is 7.44. The molecule has 0 aliphatic rings. The zero-order valence-electron chi connectivity index (χ0n) is 11.0. The molecule has 0 bridgehead atoms. The molecule has 0 heterocycles. The second-order valence-corrected chi connectivity index (χ2v) is 5.77. The summed E-state index contributed by atoms with van der Waals surface area (Å²) in [6.07, 6.45) is 3.33. The Labute approximate surface area is 99.5 Å². The van der Waals surface area contributed by atoms with Crippen LogP contribution in [0.4, 0.5) is 0 Å². The summed E-state index contributed by atoms with van der Waals surface area (Å²) in [6.45, 7) is 7.62. The van der Waals surface area contributed by atoms with Gasteiger partial charge in [-0.2, -0.15) is 0 Å². The Morgan fingerprint density at radius 1 is 1.31 bits per heavy atom. The minimum absolute atomic E-state index is 0. The normalized spacial score (nSPS) is 10.8. The third kappa shape index (κ3) is 10.2. The standard InChI is InChI=1S/C10H20O2P.CH4O.H2O/c1-5-6-7-10(2,3)9(11)8-13(4)12;1-2;/h5-8H2,1-4H3;2H,1H3;1H2/q+1;;. The number of carbonyl (C=O) groups excluding carboxylic acids is 1. The van der Waals surface area contributed by atoms with Gasteiger partial charge in [-0.1, -0.05) is 38.2 Å². The summed E-state index contributed by atoms with van der Waals surface area (Å²) < 4.78 is 10.9. The maximum absolute atomic E-state index is 11.6. The highest BCUT2D eigenvalue weighted by Crippen LogP contribution is 2.28. The summed E-state index contributed by atoms with van der Waals surface area (Å²) in [5, 5.41) is 7.00. The predicted molar refractivity (Wildman–Crippen MR) is 68.5 cm³/mol. The lowest BCUT2D eigenvalue weighted by atomic mass is 9.83. The molecule has 1 atom stereocenters. The summed E-state index contributed by atoms with van der Waals surface area (Å²) >= 11 is 0. The Morgan fingerprint density at radius 3 is 2.06 bits per heavy atom. The molecule has 3 N–H and O–H groups in total. The summed E-state index contributed by atoms with van der Waals surface area (Å²) in [5.74, 6) is 0.143. The molecule has 0 aliphatic carbocycles. The van der Waals surface area contributed by atoms with Gasteiger partial charge in [0.15, 0.2) is 5.78 Å². The minimum atomic E-state index is -1.32. The first-order valence-electron chi connectivity index (χ1n) is 5.26. The lowest BCUT2D eigenvalue weighted by Crippen LogP contribution is -2.25. The van der Waals surface area contributed by atoms with Crippen LogP contribution >= 0.6 is 7.80 Å². The van der Waals surface area contributed by atoms with Gasteiger partial charge < -0.3 is 10.6 Å². The fourth-order valence-corrected chi connectivity index (χ4v) is 2.01. The molecule has 0 amide bonds. The van der Waals surface area contributed by atoms with Crippen molar-refractivity contribution in [2.45, 2.75) is 40.0 Å². The van der Waals surface area contributed by atoms with Gasteiger partial charge in [0.05, 0.1) is 0 Å². The van der Waals surface area contributed by atoms with Crippen molar-refractivity contribution in [1.29, 1.82) is 0 Å². The summed E-state index contributed by atoms with van der Waals surface area (Å²) in [6, 6.07) is 0. The average molecular weight is 253 g/mol. The van der Waals surface area contributed by atoms with Crippen molar-refractivity contribution in [3.63, 3.8) is 0 Å². The Bertz CT molecular complexity index is 202. The lowest BCUT2D eigenvalue weighted by molar-refractivity contribution is -0.124. The third-order valence-corrected chi connectivity index (χ3v) is 3.01. The van der Waals surface area contributed by atoms with E-state index in [0.717, 1.165) is 26.4 Å². The van der Waals surface area contributed by atoms with E-state index >= 15 is 0 Å². The van der Waals surface area contributed by atoms with Crippen molar-refractivity contribution >= 4 is 13.6 Å². The topological polar surface area (TPSA) is 85.9 Å². The Hall–Kier alpha value is -0.310. The number of unbranched alkanes of at least 4 members (excludes halogenated alkanes) is 1. The van der Waals surface area contributed by atoms with Gasteiger partial charge in [-0.05, 0) is 6.42 Å². The number of hydrogen-bond donors (Lipinski definition) is 1. The zero-order chi connectivity index (χ0) is 12.5. The van der Waals surface area contributed by atoms with Gasteiger partial charge in [-0.3, -0.25) is 4.79 Å². The van der Waals surface area contributed by atoms with Crippen molar-refractivity contribution in [2.24, 2.45) is 5.41 Å². The second-order valence-electron chi connectivity index (χ2n) is 4.20. The molecule has 0 saturated heterocycles. The summed E-state index contributed by atoms with van der Waals surface area (Å²) in [5.41, 5.74) is -0.281. The van der Waals surface area contributed by atoms with E-state index in [9.17, 15) is 9.36 Å². The molecule has 0 fully saturated rings. The van der Waals surface area contributed by atoms with Crippen LogP contribution in [0.5, 0.6) is 0 Å². The van der Waals surface area contributed by atoms with Crippen LogP contribution in [0.2, 0.25) is 0 Å². The predicted octanol–water partition coefficient (Wildman–Crippen LogP) is 2.01. The fourth-order valence-electron chi connectivity index (χ4n) is 1.17.